The molecule has 9 nitrogen and oxygen atoms in total. The van der Waals surface area contributed by atoms with Gasteiger partial charge in [-0.2, -0.15) is 0 Å². The van der Waals surface area contributed by atoms with Crippen LogP contribution in [0.4, 0.5) is 0 Å². The Bertz CT molecular complexity index is 1600. The van der Waals surface area contributed by atoms with E-state index in [1.807, 2.05) is 0 Å². The molecule has 0 amide bonds. The first-order valence-electron chi connectivity index (χ1n) is 10.4. The summed E-state index contributed by atoms with van der Waals surface area (Å²) in [5, 5.41) is 0.447. The molecular weight excluding hydrogens is 485 g/mol. The molecule has 0 atom stereocenters. The standard InChI is InChI=1S/C23H19Cl2N3O6/c1-3-26-17-9-8-14(10-18(17)34-23(26)32)27-12-15(21(30)33-4-2)20(29)28(22(27)31)11-13-6-5-7-16(24)19(13)25/h5-10,12H,3-4,11H2,1-2H3. The van der Waals surface area contributed by atoms with E-state index in [0.717, 1.165) is 15.3 Å². The zero-order valence-corrected chi connectivity index (χ0v) is 19.7. The van der Waals surface area contributed by atoms with E-state index in [4.69, 9.17) is 32.4 Å². The highest BCUT2D eigenvalue weighted by Crippen LogP contribution is 2.25. The van der Waals surface area contributed by atoms with Crippen LogP contribution in [-0.4, -0.2) is 26.3 Å². The lowest BCUT2D eigenvalue weighted by Crippen LogP contribution is -2.42. The molecule has 0 unspecified atom stereocenters. The number of carbonyl (C=O) groups is 1. The lowest BCUT2D eigenvalue weighted by Gasteiger charge is -2.14. The topological polar surface area (TPSA) is 105 Å². The van der Waals surface area contributed by atoms with Crippen LogP contribution in [0.2, 0.25) is 10.0 Å². The SMILES string of the molecule is CCOC(=O)c1cn(-c2ccc3c(c2)oc(=O)n3CC)c(=O)n(Cc2cccc(Cl)c2Cl)c1=O. The third-order valence-electron chi connectivity index (χ3n) is 5.27. The van der Waals surface area contributed by atoms with Gasteiger partial charge >= 0.3 is 17.4 Å². The van der Waals surface area contributed by atoms with Gasteiger partial charge in [-0.15, -0.1) is 0 Å². The molecule has 4 aromatic rings. The maximum Gasteiger partial charge on any atom is 0.419 e. The number of oxazole rings is 1. The molecule has 0 bridgehead atoms. The van der Waals surface area contributed by atoms with Crippen LogP contribution in [0.1, 0.15) is 29.8 Å². The lowest BCUT2D eigenvalue weighted by molar-refractivity contribution is 0.0522. The number of hydrogen-bond donors (Lipinski definition) is 0. The van der Waals surface area contributed by atoms with Crippen molar-refractivity contribution in [3.8, 4) is 5.69 Å². The summed E-state index contributed by atoms with van der Waals surface area (Å²) in [4.78, 5) is 51.1. The predicted molar refractivity (Wildman–Crippen MR) is 128 cm³/mol. The molecule has 34 heavy (non-hydrogen) atoms. The molecule has 0 radical (unpaired) electrons. The van der Waals surface area contributed by atoms with Crippen LogP contribution in [-0.2, 0) is 17.8 Å². The predicted octanol–water partition coefficient (Wildman–Crippen LogP) is 3.46. The number of ether oxygens (including phenoxy) is 1. The van der Waals surface area contributed by atoms with E-state index in [1.54, 1.807) is 44.2 Å². The zero-order valence-electron chi connectivity index (χ0n) is 18.2. The second-order valence-electron chi connectivity index (χ2n) is 7.28. The summed E-state index contributed by atoms with van der Waals surface area (Å²) in [6, 6.07) is 9.53. The summed E-state index contributed by atoms with van der Waals surface area (Å²) in [7, 11) is 0. The third-order valence-corrected chi connectivity index (χ3v) is 6.13. The van der Waals surface area contributed by atoms with Crippen molar-refractivity contribution in [1.82, 2.24) is 13.7 Å². The molecule has 0 aliphatic carbocycles. The van der Waals surface area contributed by atoms with E-state index in [0.29, 0.717) is 17.6 Å². The van der Waals surface area contributed by atoms with Crippen LogP contribution in [0.3, 0.4) is 0 Å². The van der Waals surface area contributed by atoms with Gasteiger partial charge in [-0.3, -0.25) is 18.5 Å². The van der Waals surface area contributed by atoms with Crippen molar-refractivity contribution < 1.29 is 13.9 Å². The van der Waals surface area contributed by atoms with E-state index < -0.39 is 23.0 Å². The van der Waals surface area contributed by atoms with E-state index in [-0.39, 0.29) is 40.0 Å². The van der Waals surface area contributed by atoms with E-state index in [2.05, 4.69) is 0 Å². The van der Waals surface area contributed by atoms with Crippen LogP contribution in [0.15, 0.2) is 61.4 Å². The molecule has 0 saturated heterocycles. The first kappa shape index (κ1) is 23.6. The molecule has 176 valence electrons. The van der Waals surface area contributed by atoms with Crippen LogP contribution in [0, 0.1) is 0 Å². The Morgan fingerprint density at radius 3 is 2.53 bits per heavy atom. The summed E-state index contributed by atoms with van der Waals surface area (Å²) >= 11 is 12.3. The van der Waals surface area contributed by atoms with Crippen molar-refractivity contribution in [1.29, 1.82) is 0 Å². The van der Waals surface area contributed by atoms with E-state index in [1.165, 1.54) is 10.6 Å². The number of esters is 1. The lowest BCUT2D eigenvalue weighted by atomic mass is 10.2. The molecule has 2 heterocycles. The highest BCUT2D eigenvalue weighted by atomic mass is 35.5. The molecule has 0 aliphatic heterocycles. The average molecular weight is 504 g/mol. The van der Waals surface area contributed by atoms with Gasteiger partial charge in [0.05, 0.1) is 34.4 Å². The Morgan fingerprint density at radius 2 is 1.82 bits per heavy atom. The summed E-state index contributed by atoms with van der Waals surface area (Å²) in [6.07, 6.45) is 1.12. The van der Waals surface area contributed by atoms with Crippen molar-refractivity contribution in [3.05, 3.63) is 95.2 Å². The molecule has 2 aromatic heterocycles. The molecule has 0 saturated carbocycles. The molecular formula is C23H19Cl2N3O6. The van der Waals surface area contributed by atoms with E-state index >= 15 is 0 Å². The molecule has 0 spiro atoms. The van der Waals surface area contributed by atoms with Crippen molar-refractivity contribution in [2.24, 2.45) is 0 Å². The minimum Gasteiger partial charge on any atom is -0.462 e. The number of aromatic nitrogens is 3. The molecule has 0 aliphatic rings. The number of benzene rings is 2. The smallest absolute Gasteiger partial charge is 0.419 e. The van der Waals surface area contributed by atoms with E-state index in [9.17, 15) is 19.2 Å². The highest BCUT2D eigenvalue weighted by Gasteiger charge is 2.21. The van der Waals surface area contributed by atoms with Crippen molar-refractivity contribution in [2.45, 2.75) is 26.9 Å². The van der Waals surface area contributed by atoms with Gasteiger partial charge in [-0.25, -0.2) is 14.4 Å². The molecule has 2 aromatic carbocycles. The number of carbonyl (C=O) groups excluding carboxylic acids is 1. The monoisotopic (exact) mass is 503 g/mol. The van der Waals surface area contributed by atoms with Gasteiger partial charge < -0.3 is 9.15 Å². The van der Waals surface area contributed by atoms with Gasteiger partial charge in [0.1, 0.15) is 5.56 Å². The fraction of sp³-hybridized carbons (Fsp3) is 0.217. The Labute approximate surface area is 202 Å². The van der Waals surface area contributed by atoms with Gasteiger partial charge in [-0.05, 0) is 37.6 Å². The number of rotatable bonds is 6. The minimum atomic E-state index is -0.878. The number of hydrogen-bond acceptors (Lipinski definition) is 6. The number of fused-ring (bicyclic) bond motifs is 1. The normalized spacial score (nSPS) is 11.2. The fourth-order valence-corrected chi connectivity index (χ4v) is 4.00. The van der Waals surface area contributed by atoms with Gasteiger partial charge in [0, 0.05) is 18.8 Å². The Kier molecular flexibility index (Phi) is 6.49. The maximum absolute atomic E-state index is 13.4. The summed E-state index contributed by atoms with van der Waals surface area (Å²) < 4.78 is 13.7. The zero-order chi connectivity index (χ0) is 24.6. The highest BCUT2D eigenvalue weighted by molar-refractivity contribution is 6.42. The second kappa shape index (κ2) is 9.36. The quantitative estimate of drug-likeness (QED) is 0.373. The molecule has 0 fully saturated rings. The van der Waals surface area contributed by atoms with Crippen LogP contribution in [0.5, 0.6) is 0 Å². The van der Waals surface area contributed by atoms with Crippen LogP contribution < -0.4 is 17.0 Å². The number of halogens is 2. The van der Waals surface area contributed by atoms with Crippen molar-refractivity contribution in [2.75, 3.05) is 6.61 Å². The summed E-state index contributed by atoms with van der Waals surface area (Å²) in [5.74, 6) is -1.41. The van der Waals surface area contributed by atoms with Crippen LogP contribution >= 0.6 is 23.2 Å². The molecule has 4 rings (SSSR count). The minimum absolute atomic E-state index is 0.0408. The summed E-state index contributed by atoms with van der Waals surface area (Å²) in [5.41, 5.74) is -0.398. The Hall–Kier alpha value is -3.56. The Balaban J connectivity index is 1.96. The molecule has 11 heteroatoms. The Morgan fingerprint density at radius 1 is 1.06 bits per heavy atom. The number of aryl methyl sites for hydroxylation is 1. The fourth-order valence-electron chi connectivity index (χ4n) is 3.62. The van der Waals surface area contributed by atoms with Crippen molar-refractivity contribution >= 4 is 40.3 Å². The largest absolute Gasteiger partial charge is 0.462 e. The third kappa shape index (κ3) is 4.08. The van der Waals surface area contributed by atoms with Gasteiger partial charge in [-0.1, -0.05) is 35.3 Å². The maximum atomic E-state index is 13.4. The first-order valence-corrected chi connectivity index (χ1v) is 11.1. The second-order valence-corrected chi connectivity index (χ2v) is 8.07. The first-order chi connectivity index (χ1) is 16.3. The molecule has 0 N–H and O–H groups in total. The van der Waals surface area contributed by atoms with Crippen LogP contribution in [0.25, 0.3) is 16.8 Å². The summed E-state index contributed by atoms with van der Waals surface area (Å²) in [6.45, 7) is 3.63. The van der Waals surface area contributed by atoms with Crippen molar-refractivity contribution in [3.63, 3.8) is 0 Å². The number of nitrogens with zero attached hydrogens (tertiary/aromatic N) is 3. The average Bonchev–Trinajstić information content (AvgIpc) is 3.13. The van der Waals surface area contributed by atoms with Gasteiger partial charge in [0.15, 0.2) is 5.58 Å². The van der Waals surface area contributed by atoms with Gasteiger partial charge in [0.2, 0.25) is 0 Å². The van der Waals surface area contributed by atoms with Gasteiger partial charge in [0.25, 0.3) is 5.56 Å².